The Hall–Kier alpha value is -2.01. The van der Waals surface area contributed by atoms with Gasteiger partial charge in [-0.15, -0.1) is 0 Å². The summed E-state index contributed by atoms with van der Waals surface area (Å²) >= 11 is 0. The zero-order valence-electron chi connectivity index (χ0n) is 11.8. The largest absolute Gasteiger partial charge is 0.451 e. The molecule has 3 rings (SSSR count). The standard InChI is InChI=1S/C16H18FN3O/c17-14-6-1-2-7-15(14)21-13-10-19-16(20-11-13)12-5-3-4-8-18-9-12/h1-2,6-7,10-12,18H,3-5,8-9H2. The third-order valence-electron chi connectivity index (χ3n) is 3.62. The lowest BCUT2D eigenvalue weighted by molar-refractivity contribution is 0.436. The van der Waals surface area contributed by atoms with E-state index in [4.69, 9.17) is 4.74 Å². The van der Waals surface area contributed by atoms with Crippen molar-refractivity contribution < 1.29 is 9.13 Å². The van der Waals surface area contributed by atoms with Gasteiger partial charge in [-0.3, -0.25) is 0 Å². The zero-order valence-corrected chi connectivity index (χ0v) is 11.8. The second kappa shape index (κ2) is 6.63. The molecule has 2 aromatic rings. The number of nitrogens with one attached hydrogen (secondary N) is 1. The Kier molecular flexibility index (Phi) is 4.40. The maximum atomic E-state index is 13.5. The summed E-state index contributed by atoms with van der Waals surface area (Å²) in [5, 5.41) is 3.40. The molecule has 2 heterocycles. The second-order valence-electron chi connectivity index (χ2n) is 5.21. The lowest BCUT2D eigenvalue weighted by Gasteiger charge is -2.13. The van der Waals surface area contributed by atoms with Crippen LogP contribution in [0.3, 0.4) is 0 Å². The zero-order chi connectivity index (χ0) is 14.5. The van der Waals surface area contributed by atoms with E-state index in [0.29, 0.717) is 11.7 Å². The fourth-order valence-electron chi connectivity index (χ4n) is 2.48. The third-order valence-corrected chi connectivity index (χ3v) is 3.62. The van der Waals surface area contributed by atoms with E-state index in [2.05, 4.69) is 15.3 Å². The summed E-state index contributed by atoms with van der Waals surface area (Å²) in [5.41, 5.74) is 0. The molecule has 21 heavy (non-hydrogen) atoms. The molecule has 1 aromatic carbocycles. The summed E-state index contributed by atoms with van der Waals surface area (Å²) in [4.78, 5) is 8.74. The molecule has 1 N–H and O–H groups in total. The van der Waals surface area contributed by atoms with Gasteiger partial charge in [-0.1, -0.05) is 18.6 Å². The van der Waals surface area contributed by atoms with Gasteiger partial charge < -0.3 is 10.1 Å². The van der Waals surface area contributed by atoms with Gasteiger partial charge in [-0.25, -0.2) is 14.4 Å². The van der Waals surface area contributed by atoms with Crippen LogP contribution in [-0.2, 0) is 0 Å². The molecule has 110 valence electrons. The number of halogens is 1. The van der Waals surface area contributed by atoms with E-state index in [0.717, 1.165) is 25.3 Å². The van der Waals surface area contributed by atoms with Crippen molar-refractivity contribution in [3.8, 4) is 11.5 Å². The normalized spacial score (nSPS) is 19.0. The molecule has 0 amide bonds. The Morgan fingerprint density at radius 2 is 1.95 bits per heavy atom. The Labute approximate surface area is 123 Å². The summed E-state index contributed by atoms with van der Waals surface area (Å²) in [6.45, 7) is 1.97. The summed E-state index contributed by atoms with van der Waals surface area (Å²) in [5.74, 6) is 1.41. The maximum absolute atomic E-state index is 13.5. The average molecular weight is 287 g/mol. The monoisotopic (exact) mass is 287 g/mol. The number of benzene rings is 1. The first-order valence-corrected chi connectivity index (χ1v) is 7.28. The van der Waals surface area contributed by atoms with Crippen molar-refractivity contribution in [1.82, 2.24) is 15.3 Å². The van der Waals surface area contributed by atoms with Crippen molar-refractivity contribution in [2.75, 3.05) is 13.1 Å². The fourth-order valence-corrected chi connectivity index (χ4v) is 2.48. The minimum Gasteiger partial charge on any atom is -0.451 e. The number of rotatable bonds is 3. The van der Waals surface area contributed by atoms with Crippen LogP contribution in [0.15, 0.2) is 36.7 Å². The van der Waals surface area contributed by atoms with Gasteiger partial charge >= 0.3 is 0 Å². The molecule has 1 saturated heterocycles. The van der Waals surface area contributed by atoms with E-state index >= 15 is 0 Å². The molecule has 0 spiro atoms. The summed E-state index contributed by atoms with van der Waals surface area (Å²) in [6, 6.07) is 6.30. The minimum absolute atomic E-state index is 0.185. The van der Waals surface area contributed by atoms with Gasteiger partial charge in [-0.05, 0) is 31.5 Å². The van der Waals surface area contributed by atoms with E-state index < -0.39 is 5.82 Å². The lowest BCUT2D eigenvalue weighted by Crippen LogP contribution is -2.20. The van der Waals surface area contributed by atoms with Crippen molar-refractivity contribution in [3.05, 3.63) is 48.3 Å². The van der Waals surface area contributed by atoms with Crippen LogP contribution in [0.2, 0.25) is 0 Å². The Morgan fingerprint density at radius 3 is 2.76 bits per heavy atom. The molecule has 0 aliphatic carbocycles. The molecule has 1 fully saturated rings. The predicted octanol–water partition coefficient (Wildman–Crippen LogP) is 3.27. The van der Waals surface area contributed by atoms with Crippen LogP contribution in [0.5, 0.6) is 11.5 Å². The highest BCUT2D eigenvalue weighted by Crippen LogP contribution is 2.25. The minimum atomic E-state index is -0.394. The first-order chi connectivity index (χ1) is 10.3. The van der Waals surface area contributed by atoms with E-state index in [-0.39, 0.29) is 5.75 Å². The van der Waals surface area contributed by atoms with Crippen molar-refractivity contribution in [2.45, 2.75) is 25.2 Å². The molecule has 1 unspecified atom stereocenters. The SMILES string of the molecule is Fc1ccccc1Oc1cnc(C2CCCCNC2)nc1. The van der Waals surface area contributed by atoms with Gasteiger partial charge in [0.1, 0.15) is 5.82 Å². The molecule has 0 bridgehead atoms. The lowest BCUT2D eigenvalue weighted by atomic mass is 10.0. The number of hydrogen-bond donors (Lipinski definition) is 1. The van der Waals surface area contributed by atoms with Crippen molar-refractivity contribution in [2.24, 2.45) is 0 Å². The Balaban J connectivity index is 1.70. The quantitative estimate of drug-likeness (QED) is 0.941. The molecule has 1 atom stereocenters. The molecule has 4 nitrogen and oxygen atoms in total. The van der Waals surface area contributed by atoms with Crippen LogP contribution in [0, 0.1) is 5.82 Å². The summed E-state index contributed by atoms with van der Waals surface area (Å²) < 4.78 is 19.0. The number of ether oxygens (including phenoxy) is 1. The highest BCUT2D eigenvalue weighted by molar-refractivity contribution is 5.29. The third kappa shape index (κ3) is 3.55. The topological polar surface area (TPSA) is 47.0 Å². The second-order valence-corrected chi connectivity index (χ2v) is 5.21. The van der Waals surface area contributed by atoms with Crippen LogP contribution in [0.1, 0.15) is 31.0 Å². The van der Waals surface area contributed by atoms with Gasteiger partial charge in [0, 0.05) is 12.5 Å². The number of nitrogens with zero attached hydrogens (tertiary/aromatic N) is 2. The highest BCUT2D eigenvalue weighted by Gasteiger charge is 2.16. The summed E-state index contributed by atoms with van der Waals surface area (Å²) in [7, 11) is 0. The molecule has 0 saturated carbocycles. The first-order valence-electron chi connectivity index (χ1n) is 7.28. The maximum Gasteiger partial charge on any atom is 0.165 e. The van der Waals surface area contributed by atoms with Gasteiger partial charge in [0.05, 0.1) is 12.4 Å². The van der Waals surface area contributed by atoms with E-state index in [1.807, 2.05) is 0 Å². The smallest absolute Gasteiger partial charge is 0.165 e. The van der Waals surface area contributed by atoms with Crippen molar-refractivity contribution >= 4 is 0 Å². The average Bonchev–Trinajstić information content (AvgIpc) is 2.80. The molecule has 5 heteroatoms. The molecule has 1 aromatic heterocycles. The van der Waals surface area contributed by atoms with Crippen LogP contribution in [0.4, 0.5) is 4.39 Å². The van der Waals surface area contributed by atoms with E-state index in [1.54, 1.807) is 30.6 Å². The molecule has 0 radical (unpaired) electrons. The molecule has 1 aliphatic rings. The molecular formula is C16H18FN3O. The Bertz CT molecular complexity index is 580. The van der Waals surface area contributed by atoms with Gasteiger partial charge in [0.15, 0.2) is 17.3 Å². The van der Waals surface area contributed by atoms with Crippen LogP contribution in [-0.4, -0.2) is 23.1 Å². The number of aromatic nitrogens is 2. The van der Waals surface area contributed by atoms with E-state index in [1.165, 1.54) is 18.9 Å². The van der Waals surface area contributed by atoms with Crippen molar-refractivity contribution in [1.29, 1.82) is 0 Å². The van der Waals surface area contributed by atoms with Gasteiger partial charge in [-0.2, -0.15) is 0 Å². The predicted molar refractivity (Wildman–Crippen MR) is 78.0 cm³/mol. The van der Waals surface area contributed by atoms with Crippen LogP contribution >= 0.6 is 0 Å². The van der Waals surface area contributed by atoms with Crippen molar-refractivity contribution in [3.63, 3.8) is 0 Å². The number of para-hydroxylation sites is 1. The molecule has 1 aliphatic heterocycles. The Morgan fingerprint density at radius 1 is 1.14 bits per heavy atom. The molecular weight excluding hydrogens is 269 g/mol. The van der Waals surface area contributed by atoms with Gasteiger partial charge in [0.25, 0.3) is 0 Å². The fraction of sp³-hybridized carbons (Fsp3) is 0.375. The highest BCUT2D eigenvalue weighted by atomic mass is 19.1. The van der Waals surface area contributed by atoms with Crippen LogP contribution < -0.4 is 10.1 Å². The van der Waals surface area contributed by atoms with E-state index in [9.17, 15) is 4.39 Å². The van der Waals surface area contributed by atoms with Gasteiger partial charge in [0.2, 0.25) is 0 Å². The van der Waals surface area contributed by atoms with Crippen LogP contribution in [0.25, 0.3) is 0 Å². The summed E-state index contributed by atoms with van der Waals surface area (Å²) in [6.07, 6.45) is 6.71. The first kappa shape index (κ1) is 13.9. The number of hydrogen-bond acceptors (Lipinski definition) is 4.